The number of halogens is 2. The smallest absolute Gasteiger partial charge is 0.314 e. The van der Waals surface area contributed by atoms with Gasteiger partial charge in [0.05, 0.1) is 5.92 Å². The number of carbonyl (C=O) groups is 1. The third-order valence-corrected chi connectivity index (χ3v) is 4.31. The van der Waals surface area contributed by atoms with Gasteiger partial charge in [0.25, 0.3) is 0 Å². The molecule has 0 saturated heterocycles. The third-order valence-electron chi connectivity index (χ3n) is 4.31. The van der Waals surface area contributed by atoms with E-state index in [1.54, 1.807) is 0 Å². The summed E-state index contributed by atoms with van der Waals surface area (Å²) in [6.07, 6.45) is 8.96. The van der Waals surface area contributed by atoms with Crippen LogP contribution in [0.1, 0.15) is 44.9 Å². The molecule has 1 saturated carbocycles. The van der Waals surface area contributed by atoms with E-state index in [2.05, 4.69) is 6.58 Å². The van der Waals surface area contributed by atoms with Crippen LogP contribution in [0.2, 0.25) is 0 Å². The number of hydrogen-bond donors (Lipinski definition) is 0. The standard InChI is InChI=1S/C18H22F2O2/c1-2-3-4-5-13-6-8-14(9-7-13)18(21)22-15-10-11-16(19)17(20)12-15/h2,10-14H,1,3-9H2. The summed E-state index contributed by atoms with van der Waals surface area (Å²) >= 11 is 0. The topological polar surface area (TPSA) is 26.3 Å². The van der Waals surface area contributed by atoms with Crippen molar-refractivity contribution in [2.24, 2.45) is 11.8 Å². The van der Waals surface area contributed by atoms with Gasteiger partial charge in [0.15, 0.2) is 11.6 Å². The maximum Gasteiger partial charge on any atom is 0.314 e. The largest absolute Gasteiger partial charge is 0.426 e. The SMILES string of the molecule is C=CCCCC1CCC(C(=O)Oc2ccc(F)c(F)c2)CC1. The van der Waals surface area contributed by atoms with Crippen molar-refractivity contribution in [2.45, 2.75) is 44.9 Å². The van der Waals surface area contributed by atoms with Crippen LogP contribution in [0.5, 0.6) is 5.75 Å². The summed E-state index contributed by atoms with van der Waals surface area (Å²) in [7, 11) is 0. The summed E-state index contributed by atoms with van der Waals surface area (Å²) in [5, 5.41) is 0. The van der Waals surface area contributed by atoms with Gasteiger partial charge in [-0.25, -0.2) is 8.78 Å². The molecule has 1 aromatic rings. The molecule has 1 fully saturated rings. The first-order chi connectivity index (χ1) is 10.6. The van der Waals surface area contributed by atoms with E-state index in [-0.39, 0.29) is 17.6 Å². The molecule has 0 spiro atoms. The first-order valence-corrected chi connectivity index (χ1v) is 7.87. The highest BCUT2D eigenvalue weighted by atomic mass is 19.2. The van der Waals surface area contributed by atoms with E-state index in [4.69, 9.17) is 4.74 Å². The van der Waals surface area contributed by atoms with Crippen molar-refractivity contribution >= 4 is 5.97 Å². The molecule has 0 aromatic heterocycles. The lowest BCUT2D eigenvalue weighted by atomic mass is 9.80. The number of ether oxygens (including phenoxy) is 1. The second-order valence-corrected chi connectivity index (χ2v) is 5.93. The molecular weight excluding hydrogens is 286 g/mol. The van der Waals surface area contributed by atoms with E-state index in [0.29, 0.717) is 5.92 Å². The monoisotopic (exact) mass is 308 g/mol. The second-order valence-electron chi connectivity index (χ2n) is 5.93. The number of benzene rings is 1. The van der Waals surface area contributed by atoms with Gasteiger partial charge in [0.2, 0.25) is 0 Å². The van der Waals surface area contributed by atoms with Crippen LogP contribution in [-0.2, 0) is 4.79 Å². The van der Waals surface area contributed by atoms with Gasteiger partial charge in [-0.15, -0.1) is 6.58 Å². The molecule has 0 heterocycles. The summed E-state index contributed by atoms with van der Waals surface area (Å²) in [5.74, 6) is -1.68. The Hall–Kier alpha value is -1.71. The van der Waals surface area contributed by atoms with Gasteiger partial charge >= 0.3 is 5.97 Å². The van der Waals surface area contributed by atoms with E-state index in [1.165, 1.54) is 12.5 Å². The van der Waals surface area contributed by atoms with Crippen molar-refractivity contribution in [3.63, 3.8) is 0 Å². The van der Waals surface area contributed by atoms with Crippen LogP contribution < -0.4 is 4.74 Å². The number of allylic oxidation sites excluding steroid dienone is 1. The molecule has 120 valence electrons. The normalized spacial score (nSPS) is 21.4. The number of rotatable bonds is 6. The van der Waals surface area contributed by atoms with Gasteiger partial charge in [0, 0.05) is 6.07 Å². The molecule has 1 aliphatic rings. The molecule has 4 heteroatoms. The van der Waals surface area contributed by atoms with Crippen molar-refractivity contribution in [3.8, 4) is 5.75 Å². The average molecular weight is 308 g/mol. The molecule has 22 heavy (non-hydrogen) atoms. The minimum absolute atomic E-state index is 0.0667. The van der Waals surface area contributed by atoms with Crippen LogP contribution in [-0.4, -0.2) is 5.97 Å². The average Bonchev–Trinajstić information content (AvgIpc) is 2.52. The van der Waals surface area contributed by atoms with Crippen molar-refractivity contribution in [3.05, 3.63) is 42.5 Å². The van der Waals surface area contributed by atoms with Crippen molar-refractivity contribution in [1.29, 1.82) is 0 Å². The van der Waals surface area contributed by atoms with E-state index in [9.17, 15) is 13.6 Å². The Kier molecular flexibility index (Phi) is 6.10. The Bertz CT molecular complexity index is 520. The van der Waals surface area contributed by atoms with E-state index in [1.807, 2.05) is 6.08 Å². The van der Waals surface area contributed by atoms with E-state index < -0.39 is 11.6 Å². The summed E-state index contributed by atoms with van der Waals surface area (Å²) in [4.78, 5) is 12.1. The minimum atomic E-state index is -1.00. The molecule has 0 N–H and O–H groups in total. The summed E-state index contributed by atoms with van der Waals surface area (Å²) in [6.45, 7) is 3.72. The molecule has 2 rings (SSSR count). The van der Waals surface area contributed by atoms with E-state index >= 15 is 0 Å². The Morgan fingerprint density at radius 3 is 2.59 bits per heavy atom. The summed E-state index contributed by atoms with van der Waals surface area (Å²) in [5.41, 5.74) is 0. The highest BCUT2D eigenvalue weighted by Gasteiger charge is 2.27. The van der Waals surface area contributed by atoms with Gasteiger partial charge in [-0.1, -0.05) is 12.5 Å². The Morgan fingerprint density at radius 2 is 1.95 bits per heavy atom. The van der Waals surface area contributed by atoms with Crippen molar-refractivity contribution in [1.82, 2.24) is 0 Å². The lowest BCUT2D eigenvalue weighted by Gasteiger charge is -2.27. The van der Waals surface area contributed by atoms with Gasteiger partial charge in [-0.2, -0.15) is 0 Å². The van der Waals surface area contributed by atoms with Crippen LogP contribution in [0.4, 0.5) is 8.78 Å². The van der Waals surface area contributed by atoms with Gasteiger partial charge < -0.3 is 4.74 Å². The van der Waals surface area contributed by atoms with Crippen LogP contribution >= 0.6 is 0 Å². The Morgan fingerprint density at radius 1 is 1.23 bits per heavy atom. The molecule has 0 aliphatic heterocycles. The zero-order chi connectivity index (χ0) is 15.9. The maximum absolute atomic E-state index is 13.1. The molecule has 1 aromatic carbocycles. The van der Waals surface area contributed by atoms with Crippen LogP contribution in [0.25, 0.3) is 0 Å². The number of hydrogen-bond acceptors (Lipinski definition) is 2. The fourth-order valence-electron chi connectivity index (χ4n) is 2.98. The van der Waals surface area contributed by atoms with Crippen molar-refractivity contribution < 1.29 is 18.3 Å². The first-order valence-electron chi connectivity index (χ1n) is 7.87. The summed E-state index contributed by atoms with van der Waals surface area (Å²) in [6, 6.07) is 3.15. The number of carbonyl (C=O) groups excluding carboxylic acids is 1. The molecule has 1 aliphatic carbocycles. The minimum Gasteiger partial charge on any atom is -0.426 e. The molecule has 0 unspecified atom stereocenters. The Labute approximate surface area is 130 Å². The molecule has 0 amide bonds. The Balaban J connectivity index is 1.79. The number of esters is 1. The molecule has 0 bridgehead atoms. The van der Waals surface area contributed by atoms with Crippen LogP contribution in [0.3, 0.4) is 0 Å². The lowest BCUT2D eigenvalue weighted by molar-refractivity contribution is -0.140. The predicted molar refractivity (Wildman–Crippen MR) is 81.5 cm³/mol. The highest BCUT2D eigenvalue weighted by molar-refractivity contribution is 5.75. The molecule has 0 atom stereocenters. The lowest BCUT2D eigenvalue weighted by Crippen LogP contribution is -2.25. The fraction of sp³-hybridized carbons (Fsp3) is 0.500. The molecular formula is C18H22F2O2. The second kappa shape index (κ2) is 8.06. The zero-order valence-electron chi connectivity index (χ0n) is 12.7. The van der Waals surface area contributed by atoms with Crippen LogP contribution in [0.15, 0.2) is 30.9 Å². The quantitative estimate of drug-likeness (QED) is 0.319. The van der Waals surface area contributed by atoms with Gasteiger partial charge in [0.1, 0.15) is 5.75 Å². The highest BCUT2D eigenvalue weighted by Crippen LogP contribution is 2.33. The molecule has 2 nitrogen and oxygen atoms in total. The van der Waals surface area contributed by atoms with Crippen LogP contribution in [0, 0.1) is 23.5 Å². The number of unbranched alkanes of at least 4 members (excludes halogenated alkanes) is 1. The van der Waals surface area contributed by atoms with Gasteiger partial charge in [-0.05, 0) is 56.6 Å². The van der Waals surface area contributed by atoms with Gasteiger partial charge in [-0.3, -0.25) is 4.79 Å². The van der Waals surface area contributed by atoms with Crippen molar-refractivity contribution in [2.75, 3.05) is 0 Å². The zero-order valence-corrected chi connectivity index (χ0v) is 12.7. The first kappa shape index (κ1) is 16.7. The third kappa shape index (κ3) is 4.65. The summed E-state index contributed by atoms with van der Waals surface area (Å²) < 4.78 is 31.1. The fourth-order valence-corrected chi connectivity index (χ4v) is 2.98. The maximum atomic E-state index is 13.1. The predicted octanol–water partition coefficient (Wildman–Crippen LogP) is 5.03. The van der Waals surface area contributed by atoms with E-state index in [0.717, 1.165) is 50.7 Å². The molecule has 0 radical (unpaired) electrons.